The van der Waals surface area contributed by atoms with Crippen molar-refractivity contribution in [1.82, 2.24) is 9.97 Å². The first-order valence-corrected chi connectivity index (χ1v) is 6.05. The minimum absolute atomic E-state index is 0. The van der Waals surface area contributed by atoms with E-state index in [1.54, 1.807) is 0 Å². The fourth-order valence-corrected chi connectivity index (χ4v) is 1.48. The Hall–Kier alpha value is -3.38. The van der Waals surface area contributed by atoms with Crippen molar-refractivity contribution in [2.24, 2.45) is 0 Å². The van der Waals surface area contributed by atoms with Crippen molar-refractivity contribution in [2.75, 3.05) is 0 Å². The number of carbonyl (C=O) groups excluding carboxylic acids is 2. The van der Waals surface area contributed by atoms with E-state index in [4.69, 9.17) is 10.2 Å². The number of nitrogens with zero attached hydrogens (tertiary/aromatic N) is 2. The van der Waals surface area contributed by atoms with E-state index in [-0.39, 0.29) is 39.1 Å². The van der Waals surface area contributed by atoms with Crippen LogP contribution in [0.1, 0.15) is 41.7 Å². The molecule has 12 nitrogen and oxygen atoms in total. The van der Waals surface area contributed by atoms with Crippen molar-refractivity contribution in [2.45, 2.75) is 0 Å². The van der Waals surface area contributed by atoms with Crippen LogP contribution in [0.15, 0.2) is 36.7 Å². The number of aromatic carboxylic acids is 4. The first kappa shape index (κ1) is 28.4. The molecule has 2 rings (SSSR count). The Morgan fingerprint density at radius 3 is 1.22 bits per heavy atom. The average Bonchev–Trinajstić information content (AvgIpc) is 2.55. The molecule has 0 unspecified atom stereocenters. The Morgan fingerprint density at radius 1 is 0.741 bits per heavy atom. The smallest absolute Gasteiger partial charge is 0.543 e. The summed E-state index contributed by atoms with van der Waals surface area (Å²) >= 11 is 0. The van der Waals surface area contributed by atoms with Crippen LogP contribution in [0.25, 0.3) is 0 Å². The molecule has 8 N–H and O–H groups in total. The molecule has 0 saturated carbocycles. The van der Waals surface area contributed by atoms with Gasteiger partial charge in [-0.1, -0.05) is 0 Å². The molecule has 0 aromatic carbocycles. The second-order valence-electron chi connectivity index (χ2n) is 3.98. The van der Waals surface area contributed by atoms with E-state index in [0.717, 1.165) is 12.1 Å². The largest absolute Gasteiger partial charge is 2.00 e. The van der Waals surface area contributed by atoms with Gasteiger partial charge < -0.3 is 41.0 Å². The predicted molar refractivity (Wildman–Crippen MR) is 80.8 cm³/mol. The van der Waals surface area contributed by atoms with Gasteiger partial charge in [0.15, 0.2) is 0 Å². The number of carbonyl (C=O) groups is 4. The standard InChI is InChI=1S/2C7H5NO4.Cu.2H2O/c2*9-6(10)4-2-1-3-8-5(4)7(11)12;;;/h2*1-3H,(H,9,10)(H,11,12);;2*1H2/q;;+2;;. The maximum Gasteiger partial charge on any atom is 2.00 e. The van der Waals surface area contributed by atoms with E-state index in [9.17, 15) is 29.4 Å². The third-order valence-electron chi connectivity index (χ3n) is 2.46. The molecule has 0 spiro atoms. The molecular formula is C14H14CuN2O10+2. The van der Waals surface area contributed by atoms with Gasteiger partial charge in [0.2, 0.25) is 0 Å². The van der Waals surface area contributed by atoms with Gasteiger partial charge in [-0.3, -0.25) is 9.97 Å². The summed E-state index contributed by atoms with van der Waals surface area (Å²) in [6, 6.07) is 4.99. The van der Waals surface area contributed by atoms with Gasteiger partial charge >= 0.3 is 29.0 Å². The number of pyridine rings is 2. The summed E-state index contributed by atoms with van der Waals surface area (Å²) in [6.45, 7) is 0. The zero-order chi connectivity index (χ0) is 18.3. The topological polar surface area (TPSA) is 247 Å². The Labute approximate surface area is 161 Å². The van der Waals surface area contributed by atoms with Crippen LogP contribution >= 0.6 is 0 Å². The number of carboxylic acid groups (broad SMARTS) is 4. The van der Waals surface area contributed by atoms with Crippen molar-refractivity contribution in [1.29, 1.82) is 0 Å². The van der Waals surface area contributed by atoms with E-state index in [2.05, 4.69) is 9.97 Å². The minimum atomic E-state index is -1.59. The Kier molecular flexibility index (Phi) is 13.6. The van der Waals surface area contributed by atoms with Crippen LogP contribution < -0.4 is 10.2 Å². The maximum atomic E-state index is 10.4. The fourth-order valence-electron chi connectivity index (χ4n) is 1.48. The fraction of sp³-hybridized carbons (Fsp3) is 0. The third-order valence-corrected chi connectivity index (χ3v) is 2.46. The summed E-state index contributed by atoms with van der Waals surface area (Å²) in [4.78, 5) is 48.1. The van der Waals surface area contributed by atoms with Gasteiger partial charge in [0.25, 0.3) is 0 Å². The number of aromatic nitrogens is 2. The Bertz CT molecular complexity index is 678. The summed E-state index contributed by atoms with van der Waals surface area (Å²) in [5.41, 5.74) is -1.83. The van der Waals surface area contributed by atoms with Crippen molar-refractivity contribution in [3.63, 3.8) is 0 Å². The molecule has 0 aliphatic rings. The third kappa shape index (κ3) is 8.02. The average molecular weight is 434 g/mol. The zero-order valence-corrected chi connectivity index (χ0v) is 14.1. The number of rotatable bonds is 4. The zero-order valence-electron chi connectivity index (χ0n) is 13.2. The van der Waals surface area contributed by atoms with Gasteiger partial charge in [0.05, 0.1) is 23.1 Å². The van der Waals surface area contributed by atoms with E-state index >= 15 is 0 Å². The molecule has 13 heteroatoms. The molecule has 0 bridgehead atoms. The van der Waals surface area contributed by atoms with Crippen molar-refractivity contribution >= 4 is 23.9 Å². The first-order valence-electron chi connectivity index (χ1n) is 6.05. The van der Waals surface area contributed by atoms with Crippen LogP contribution in [0, 0.1) is 0 Å². The molecule has 149 valence electrons. The monoisotopic (exact) mass is 433 g/mol. The van der Waals surface area contributed by atoms with Crippen LogP contribution in [0.2, 0.25) is 0 Å². The summed E-state index contributed by atoms with van der Waals surface area (Å²) in [6.07, 6.45) is 2.38. The molecule has 0 fully saturated rings. The molecule has 0 amide bonds. The predicted octanol–water partition coefficient (Wildman–Crippen LogP) is -3.56. The number of hydrogen-bond donors (Lipinski definition) is 2. The van der Waals surface area contributed by atoms with E-state index in [1.165, 1.54) is 24.5 Å². The van der Waals surface area contributed by atoms with Crippen LogP contribution in [-0.4, -0.2) is 44.1 Å². The van der Waals surface area contributed by atoms with Crippen LogP contribution in [-0.2, 0) is 28.0 Å². The molecule has 1 radical (unpaired) electrons. The molecule has 0 saturated heterocycles. The maximum absolute atomic E-state index is 10.4. The van der Waals surface area contributed by atoms with Crippen molar-refractivity contribution < 1.29 is 67.6 Å². The van der Waals surface area contributed by atoms with E-state index in [1.807, 2.05) is 0 Å². The Morgan fingerprint density at radius 2 is 1.04 bits per heavy atom. The Balaban J connectivity index is -0.000000384. The number of carboxylic acids is 4. The molecule has 2 aromatic rings. The molecular weight excluding hydrogens is 420 g/mol. The van der Waals surface area contributed by atoms with Crippen LogP contribution in [0.4, 0.5) is 0 Å². The second kappa shape index (κ2) is 12.9. The van der Waals surface area contributed by atoms with Crippen LogP contribution in [0.5, 0.6) is 0 Å². The molecule has 27 heavy (non-hydrogen) atoms. The van der Waals surface area contributed by atoms with E-state index in [0.29, 0.717) is 0 Å². The summed E-state index contributed by atoms with van der Waals surface area (Å²) < 4.78 is 0. The molecule has 0 aliphatic heterocycles. The van der Waals surface area contributed by atoms with Gasteiger partial charge in [0.1, 0.15) is 11.4 Å². The summed E-state index contributed by atoms with van der Waals surface area (Å²) in [5.74, 6) is -5.84. The quantitative estimate of drug-likeness (QED) is 0.354. The molecule has 0 aliphatic carbocycles. The summed E-state index contributed by atoms with van der Waals surface area (Å²) in [7, 11) is 0. The van der Waals surface area contributed by atoms with Gasteiger partial charge in [0, 0.05) is 12.4 Å². The molecule has 2 heterocycles. The molecule has 2 aromatic heterocycles. The normalized spacial score (nSPS) is 8.30. The van der Waals surface area contributed by atoms with Gasteiger partial charge in [-0.15, -0.1) is 0 Å². The van der Waals surface area contributed by atoms with Crippen LogP contribution in [0.3, 0.4) is 0 Å². The van der Waals surface area contributed by atoms with Crippen molar-refractivity contribution in [3.05, 3.63) is 59.2 Å². The summed E-state index contributed by atoms with van der Waals surface area (Å²) in [5, 5.41) is 37.5. The molecule has 0 atom stereocenters. The number of hydrogen-bond acceptors (Lipinski definition) is 8. The van der Waals surface area contributed by atoms with Gasteiger partial charge in [-0.05, 0) is 24.3 Å². The first-order chi connectivity index (χ1) is 11.3. The van der Waals surface area contributed by atoms with Gasteiger partial charge in [-0.2, -0.15) is 0 Å². The minimum Gasteiger partial charge on any atom is -0.543 e. The SMILES string of the molecule is O=C(O)c1cccnc1C(=O)[O-].O=C(O)c1cccnc1C(=O)[O-].[Cu+2].[OH3+].[OH3+]. The van der Waals surface area contributed by atoms with E-state index < -0.39 is 35.3 Å². The van der Waals surface area contributed by atoms with Gasteiger partial charge in [-0.25, -0.2) is 9.59 Å². The van der Waals surface area contributed by atoms with Crippen molar-refractivity contribution in [3.8, 4) is 0 Å². The second-order valence-corrected chi connectivity index (χ2v) is 3.98.